The quantitative estimate of drug-likeness (QED) is 0.799. The molecular weight excluding hydrogens is 356 g/mol. The number of aromatic nitrogens is 1. The second-order valence-electron chi connectivity index (χ2n) is 7.65. The van der Waals surface area contributed by atoms with Gasteiger partial charge in [-0.1, -0.05) is 12.1 Å². The number of benzene rings is 1. The van der Waals surface area contributed by atoms with Gasteiger partial charge in [0, 0.05) is 37.6 Å². The summed E-state index contributed by atoms with van der Waals surface area (Å²) in [5, 5.41) is 3.66. The van der Waals surface area contributed by atoms with Gasteiger partial charge in [-0.2, -0.15) is 0 Å². The van der Waals surface area contributed by atoms with E-state index in [-0.39, 0.29) is 11.9 Å². The molecule has 3 amide bonds. The minimum Gasteiger partial charge on any atom is -0.345 e. The third kappa shape index (κ3) is 3.69. The molecule has 1 saturated carbocycles. The molecule has 1 aromatic heterocycles. The van der Waals surface area contributed by atoms with Crippen molar-refractivity contribution in [1.29, 1.82) is 0 Å². The van der Waals surface area contributed by atoms with Crippen molar-refractivity contribution in [3.8, 4) is 0 Å². The van der Waals surface area contributed by atoms with Gasteiger partial charge in [0.1, 0.15) is 0 Å². The van der Waals surface area contributed by atoms with Gasteiger partial charge in [-0.25, -0.2) is 0 Å². The van der Waals surface area contributed by atoms with E-state index in [1.807, 2.05) is 38.1 Å². The van der Waals surface area contributed by atoms with E-state index in [0.717, 1.165) is 29.3 Å². The highest BCUT2D eigenvalue weighted by molar-refractivity contribution is 6.35. The summed E-state index contributed by atoms with van der Waals surface area (Å²) in [6.07, 6.45) is 1.89. The van der Waals surface area contributed by atoms with Crippen molar-refractivity contribution in [2.24, 2.45) is 0 Å². The number of carbonyl (C=O) groups is 3. The lowest BCUT2D eigenvalue weighted by Crippen LogP contribution is -2.54. The summed E-state index contributed by atoms with van der Waals surface area (Å²) in [4.78, 5) is 45.0. The number of piperazine rings is 1. The van der Waals surface area contributed by atoms with Crippen molar-refractivity contribution in [3.63, 3.8) is 0 Å². The lowest BCUT2D eigenvalue weighted by Gasteiger charge is -2.34. The third-order valence-electron chi connectivity index (χ3n) is 5.36. The Balaban J connectivity index is 1.43. The first-order valence-electron chi connectivity index (χ1n) is 9.69. The van der Waals surface area contributed by atoms with Crippen molar-refractivity contribution in [2.45, 2.75) is 32.7 Å². The van der Waals surface area contributed by atoms with E-state index in [4.69, 9.17) is 0 Å². The zero-order chi connectivity index (χ0) is 19.8. The van der Waals surface area contributed by atoms with E-state index in [2.05, 4.69) is 10.3 Å². The van der Waals surface area contributed by atoms with Crippen molar-refractivity contribution in [3.05, 3.63) is 41.1 Å². The average Bonchev–Trinajstić information content (AvgIpc) is 3.50. The Bertz CT molecular complexity index is 960. The number of hydrogen-bond donors (Lipinski definition) is 1. The van der Waals surface area contributed by atoms with E-state index in [1.54, 1.807) is 4.90 Å². The fraction of sp³-hybridized carbons (Fsp3) is 0.429. The molecule has 1 aliphatic carbocycles. The molecule has 7 heteroatoms. The van der Waals surface area contributed by atoms with Crippen LogP contribution in [0.4, 0.5) is 0 Å². The molecule has 1 saturated heterocycles. The van der Waals surface area contributed by atoms with Crippen LogP contribution in [0.5, 0.6) is 0 Å². The highest BCUT2D eigenvalue weighted by Crippen LogP contribution is 2.20. The number of hydrogen-bond acceptors (Lipinski definition) is 4. The monoisotopic (exact) mass is 380 g/mol. The summed E-state index contributed by atoms with van der Waals surface area (Å²) < 4.78 is 0. The molecule has 2 heterocycles. The molecule has 0 unspecified atom stereocenters. The van der Waals surface area contributed by atoms with Crippen molar-refractivity contribution in [1.82, 2.24) is 20.1 Å². The van der Waals surface area contributed by atoms with Crippen LogP contribution in [0.2, 0.25) is 0 Å². The molecule has 0 atom stereocenters. The Morgan fingerprint density at radius 1 is 1.00 bits per heavy atom. The number of amides is 3. The fourth-order valence-electron chi connectivity index (χ4n) is 3.49. The maximum Gasteiger partial charge on any atom is 0.312 e. The van der Waals surface area contributed by atoms with E-state index in [0.29, 0.717) is 37.4 Å². The van der Waals surface area contributed by atoms with Crippen molar-refractivity contribution >= 4 is 28.6 Å². The topological polar surface area (TPSA) is 82.6 Å². The molecule has 1 aromatic carbocycles. The van der Waals surface area contributed by atoms with Crippen LogP contribution in [0.25, 0.3) is 10.9 Å². The molecule has 0 bridgehead atoms. The highest BCUT2D eigenvalue weighted by atomic mass is 16.2. The Labute approximate surface area is 163 Å². The summed E-state index contributed by atoms with van der Waals surface area (Å²) in [6, 6.07) is 8.04. The van der Waals surface area contributed by atoms with Crippen LogP contribution in [0.1, 0.15) is 34.5 Å². The lowest BCUT2D eigenvalue weighted by molar-refractivity contribution is -0.146. The SMILES string of the molecule is Cc1ccc2cc(C(=O)N3CCN(C(=O)C(=O)NC4CC4)CC3)c(C)nc2c1. The van der Waals surface area contributed by atoms with E-state index in [1.165, 1.54) is 4.90 Å². The smallest absolute Gasteiger partial charge is 0.312 e. The second kappa shape index (κ2) is 7.22. The Morgan fingerprint density at radius 2 is 1.68 bits per heavy atom. The molecule has 1 aliphatic heterocycles. The van der Waals surface area contributed by atoms with Gasteiger partial charge in [0.25, 0.3) is 5.91 Å². The van der Waals surface area contributed by atoms with E-state index < -0.39 is 11.8 Å². The van der Waals surface area contributed by atoms with Crippen molar-refractivity contribution < 1.29 is 14.4 Å². The molecule has 2 fully saturated rings. The third-order valence-corrected chi connectivity index (χ3v) is 5.36. The number of carbonyl (C=O) groups excluding carboxylic acids is 3. The molecule has 146 valence electrons. The number of nitrogens with zero attached hydrogens (tertiary/aromatic N) is 3. The number of aryl methyl sites for hydroxylation is 2. The summed E-state index contributed by atoms with van der Waals surface area (Å²) in [5.41, 5.74) is 3.30. The summed E-state index contributed by atoms with van der Waals surface area (Å²) in [5.74, 6) is -1.12. The Kier molecular flexibility index (Phi) is 4.75. The molecule has 4 rings (SSSR count). The zero-order valence-electron chi connectivity index (χ0n) is 16.2. The summed E-state index contributed by atoms with van der Waals surface area (Å²) in [7, 11) is 0. The zero-order valence-corrected chi connectivity index (χ0v) is 16.2. The Morgan fingerprint density at radius 3 is 2.36 bits per heavy atom. The molecule has 0 radical (unpaired) electrons. The standard InChI is InChI=1S/C21H24N4O3/c1-13-3-4-15-12-17(14(2)22-18(15)11-13)20(27)24-7-9-25(10-8-24)21(28)19(26)23-16-5-6-16/h3-4,11-12,16H,5-10H2,1-2H3,(H,23,26). The van der Waals surface area contributed by atoms with Gasteiger partial charge in [-0.15, -0.1) is 0 Å². The average molecular weight is 380 g/mol. The van der Waals surface area contributed by atoms with Crippen LogP contribution >= 0.6 is 0 Å². The first-order chi connectivity index (χ1) is 13.4. The number of fused-ring (bicyclic) bond motifs is 1. The van der Waals surface area contributed by atoms with E-state index in [9.17, 15) is 14.4 Å². The molecular formula is C21H24N4O3. The minimum atomic E-state index is -0.535. The molecule has 2 aliphatic rings. The second-order valence-corrected chi connectivity index (χ2v) is 7.65. The number of rotatable bonds is 2. The van der Waals surface area contributed by atoms with Crippen LogP contribution in [-0.4, -0.2) is 64.7 Å². The number of pyridine rings is 1. The van der Waals surface area contributed by atoms with Crippen molar-refractivity contribution in [2.75, 3.05) is 26.2 Å². The molecule has 28 heavy (non-hydrogen) atoms. The normalized spacial score (nSPS) is 16.9. The van der Waals surface area contributed by atoms with Gasteiger partial charge in [-0.3, -0.25) is 19.4 Å². The molecule has 2 aromatic rings. The van der Waals surface area contributed by atoms with Gasteiger partial charge in [0.15, 0.2) is 0 Å². The minimum absolute atomic E-state index is 0.0815. The van der Waals surface area contributed by atoms with Crippen LogP contribution in [0.3, 0.4) is 0 Å². The van der Waals surface area contributed by atoms with Gasteiger partial charge in [0.2, 0.25) is 0 Å². The first-order valence-corrected chi connectivity index (χ1v) is 9.69. The van der Waals surface area contributed by atoms with Gasteiger partial charge in [0.05, 0.1) is 16.8 Å². The van der Waals surface area contributed by atoms with E-state index >= 15 is 0 Å². The van der Waals surface area contributed by atoms with Gasteiger partial charge >= 0.3 is 11.8 Å². The number of nitrogens with one attached hydrogen (secondary N) is 1. The summed E-state index contributed by atoms with van der Waals surface area (Å²) >= 11 is 0. The molecule has 1 N–H and O–H groups in total. The highest BCUT2D eigenvalue weighted by Gasteiger charge is 2.32. The largest absolute Gasteiger partial charge is 0.345 e. The molecule has 0 spiro atoms. The predicted octanol–water partition coefficient (Wildman–Crippen LogP) is 1.41. The maximum absolute atomic E-state index is 13.0. The fourth-order valence-corrected chi connectivity index (χ4v) is 3.49. The summed E-state index contributed by atoms with van der Waals surface area (Å²) in [6.45, 7) is 5.40. The van der Waals surface area contributed by atoms with Crippen LogP contribution in [0.15, 0.2) is 24.3 Å². The van der Waals surface area contributed by atoms with Crippen LogP contribution in [0, 0.1) is 13.8 Å². The first kappa shape index (κ1) is 18.4. The Hall–Kier alpha value is -2.96. The van der Waals surface area contributed by atoms with Gasteiger partial charge < -0.3 is 15.1 Å². The lowest BCUT2D eigenvalue weighted by atomic mass is 10.1. The maximum atomic E-state index is 13.0. The molecule has 7 nitrogen and oxygen atoms in total. The predicted molar refractivity (Wildman–Crippen MR) is 105 cm³/mol. The van der Waals surface area contributed by atoms with Crippen LogP contribution in [-0.2, 0) is 9.59 Å². The van der Waals surface area contributed by atoms with Gasteiger partial charge in [-0.05, 0) is 44.4 Å². The van der Waals surface area contributed by atoms with Crippen LogP contribution < -0.4 is 5.32 Å².